The third-order valence-electron chi connectivity index (χ3n) is 2.39. The number of halogens is 16. The summed E-state index contributed by atoms with van der Waals surface area (Å²) in [6, 6.07) is 0. The van der Waals surface area contributed by atoms with Crippen molar-refractivity contribution in [3.8, 4) is 0 Å². The maximum absolute atomic E-state index is 13.6. The molecule has 0 rings (SSSR count). The number of hydrogen-bond acceptors (Lipinski definition) is 0. The van der Waals surface area contributed by atoms with E-state index in [-0.39, 0.29) is 0 Å². The van der Waals surface area contributed by atoms with E-state index in [0.29, 0.717) is 0 Å². The molecule has 0 aliphatic carbocycles. The van der Waals surface area contributed by atoms with Gasteiger partial charge in [-0.05, 0) is 0 Å². The number of alkyl halides is 14. The lowest BCUT2D eigenvalue weighted by Gasteiger charge is -2.41. The Labute approximate surface area is 119 Å². The lowest BCUT2D eigenvalue weighted by atomic mass is 9.81. The average molecular weight is 400 g/mol. The third kappa shape index (κ3) is 3.10. The fourth-order valence-electron chi connectivity index (χ4n) is 1.33. The first-order valence-electron chi connectivity index (χ1n) is 4.77. The van der Waals surface area contributed by atoms with Crippen LogP contribution in [0.15, 0.2) is 11.7 Å². The van der Waals surface area contributed by atoms with Crippen LogP contribution < -0.4 is 0 Å². The molecule has 0 saturated carbocycles. The summed E-state index contributed by atoms with van der Waals surface area (Å²) in [5.74, 6) is -16.4. The molecule has 0 fully saturated rings. The minimum atomic E-state index is -8.23. The van der Waals surface area contributed by atoms with Crippen LogP contribution in [0.2, 0.25) is 0 Å². The highest BCUT2D eigenvalue weighted by atomic mass is 19.4. The van der Waals surface area contributed by atoms with E-state index in [1.54, 1.807) is 0 Å². The summed E-state index contributed by atoms with van der Waals surface area (Å²) in [7, 11) is 0. The first-order valence-corrected chi connectivity index (χ1v) is 4.77. The zero-order valence-corrected chi connectivity index (χ0v) is 10.0. The molecular weight excluding hydrogens is 400 g/mol. The van der Waals surface area contributed by atoms with Gasteiger partial charge in [-0.3, -0.25) is 0 Å². The molecule has 0 aromatic rings. The van der Waals surface area contributed by atoms with Gasteiger partial charge in [0, 0.05) is 0 Å². The van der Waals surface area contributed by atoms with E-state index in [4.69, 9.17) is 0 Å². The molecule has 0 aromatic carbocycles. The van der Waals surface area contributed by atoms with Crippen LogP contribution in [0.1, 0.15) is 0 Å². The topological polar surface area (TPSA) is 0 Å². The molecule has 0 amide bonds. The second-order valence-corrected chi connectivity index (χ2v) is 3.94. The Hall–Kier alpha value is -1.38. The Balaban J connectivity index is 7.22. The van der Waals surface area contributed by atoms with Gasteiger partial charge in [-0.1, -0.05) is 0 Å². The summed E-state index contributed by atoms with van der Waals surface area (Å²) in [5, 5.41) is 0. The summed E-state index contributed by atoms with van der Waals surface area (Å²) in [6.07, 6.45) is -28.0. The normalized spacial score (nSPS) is 15.5. The third-order valence-corrected chi connectivity index (χ3v) is 2.39. The molecule has 0 atom stereocenters. The van der Waals surface area contributed by atoms with E-state index in [2.05, 4.69) is 0 Å². The van der Waals surface area contributed by atoms with Crippen LogP contribution in [-0.4, -0.2) is 36.0 Å². The Morgan fingerprint density at radius 2 is 0.708 bits per heavy atom. The van der Waals surface area contributed by atoms with Crippen LogP contribution in [0.25, 0.3) is 0 Å². The molecule has 16 heteroatoms. The number of rotatable bonds is 3. The largest absolute Gasteiger partial charge is 0.457 e. The second-order valence-electron chi connectivity index (χ2n) is 3.94. The van der Waals surface area contributed by atoms with Gasteiger partial charge in [0.05, 0.1) is 0 Å². The molecule has 0 heterocycles. The molecule has 0 aromatic heterocycles. The van der Waals surface area contributed by atoms with Gasteiger partial charge in [-0.25, -0.2) is 4.39 Å². The van der Waals surface area contributed by atoms with Gasteiger partial charge in [-0.2, -0.15) is 65.9 Å². The maximum Gasteiger partial charge on any atom is 0.457 e. The molecule has 0 aliphatic rings. The summed E-state index contributed by atoms with van der Waals surface area (Å²) >= 11 is 0. The Bertz CT molecular complexity index is 468. The Morgan fingerprint density at radius 1 is 0.458 bits per heavy atom. The van der Waals surface area contributed by atoms with Crippen LogP contribution in [-0.2, 0) is 0 Å². The molecule has 0 saturated heterocycles. The molecule has 0 spiro atoms. The summed E-state index contributed by atoms with van der Waals surface area (Å²) in [6.45, 7) is 0. The van der Waals surface area contributed by atoms with Crippen LogP contribution in [0, 0.1) is 0 Å². The lowest BCUT2D eigenvalue weighted by Crippen LogP contribution is -2.70. The molecule has 0 aliphatic heterocycles. The SMILES string of the molecule is FC(F)=C(C(F)(F)F)C(F)(C(F)(F)C(F)(F)F)C(F)(F)C(F)(F)F. The lowest BCUT2D eigenvalue weighted by molar-refractivity contribution is -0.402. The van der Waals surface area contributed by atoms with E-state index in [9.17, 15) is 70.2 Å². The van der Waals surface area contributed by atoms with Crippen molar-refractivity contribution in [3.05, 3.63) is 11.7 Å². The van der Waals surface area contributed by atoms with Gasteiger partial charge in [-0.15, -0.1) is 0 Å². The second kappa shape index (κ2) is 5.57. The van der Waals surface area contributed by atoms with Crippen molar-refractivity contribution in [2.75, 3.05) is 0 Å². The number of allylic oxidation sites excluding steroid dienone is 1. The molecule has 0 N–H and O–H groups in total. The van der Waals surface area contributed by atoms with E-state index in [1.807, 2.05) is 0 Å². The van der Waals surface area contributed by atoms with E-state index in [0.717, 1.165) is 0 Å². The van der Waals surface area contributed by atoms with Gasteiger partial charge >= 0.3 is 30.4 Å². The van der Waals surface area contributed by atoms with Crippen molar-refractivity contribution >= 4 is 0 Å². The van der Waals surface area contributed by atoms with Crippen LogP contribution in [0.3, 0.4) is 0 Å². The average Bonchev–Trinajstić information content (AvgIpc) is 2.22. The van der Waals surface area contributed by atoms with Crippen molar-refractivity contribution in [2.45, 2.75) is 36.0 Å². The molecule has 0 nitrogen and oxygen atoms in total. The summed E-state index contributed by atoms with van der Waals surface area (Å²) in [4.78, 5) is 0. The minimum Gasteiger partial charge on any atom is -0.224 e. The Morgan fingerprint density at radius 3 is 0.833 bits per heavy atom. The quantitative estimate of drug-likeness (QED) is 0.526. The first kappa shape index (κ1) is 22.6. The van der Waals surface area contributed by atoms with Crippen LogP contribution in [0.4, 0.5) is 70.2 Å². The first-order chi connectivity index (χ1) is 10.1. The molecule has 0 radical (unpaired) electrons. The van der Waals surface area contributed by atoms with Crippen LogP contribution >= 0.6 is 0 Å². The highest BCUT2D eigenvalue weighted by Gasteiger charge is 2.90. The minimum absolute atomic E-state index is 4.97. The standard InChI is InChI=1S/C8F16/c9-2(10)1(4(12,13)14)3(11,5(15,16)7(19,20)21)6(17,18)8(22,23)24. The summed E-state index contributed by atoms with van der Waals surface area (Å²) < 4.78 is 197. The van der Waals surface area contributed by atoms with E-state index < -0.39 is 47.7 Å². The fraction of sp³-hybridized carbons (Fsp3) is 0.750. The molecule has 24 heavy (non-hydrogen) atoms. The van der Waals surface area contributed by atoms with Gasteiger partial charge < -0.3 is 0 Å². The molecule has 0 bridgehead atoms. The highest BCUT2D eigenvalue weighted by molar-refractivity contribution is 5.34. The zero-order chi connectivity index (χ0) is 20.2. The molecule has 0 unspecified atom stereocenters. The predicted molar refractivity (Wildman–Crippen MR) is 41.1 cm³/mol. The predicted octanol–water partition coefficient (Wildman–Crippen LogP) is 5.80. The van der Waals surface area contributed by atoms with E-state index in [1.165, 1.54) is 0 Å². The van der Waals surface area contributed by atoms with Crippen molar-refractivity contribution in [2.24, 2.45) is 0 Å². The molecule has 144 valence electrons. The van der Waals surface area contributed by atoms with Crippen molar-refractivity contribution in [1.29, 1.82) is 0 Å². The van der Waals surface area contributed by atoms with Gasteiger partial charge in [0.1, 0.15) is 5.57 Å². The smallest absolute Gasteiger partial charge is 0.224 e. The van der Waals surface area contributed by atoms with Crippen molar-refractivity contribution in [3.63, 3.8) is 0 Å². The van der Waals surface area contributed by atoms with Crippen molar-refractivity contribution < 1.29 is 70.2 Å². The Kier molecular flexibility index (Phi) is 5.25. The molecular formula is C8F16. The highest BCUT2D eigenvalue weighted by Crippen LogP contribution is 2.62. The zero-order valence-electron chi connectivity index (χ0n) is 10.0. The van der Waals surface area contributed by atoms with Crippen LogP contribution in [0.5, 0.6) is 0 Å². The fourth-order valence-corrected chi connectivity index (χ4v) is 1.33. The van der Waals surface area contributed by atoms with Gasteiger partial charge in [0.2, 0.25) is 0 Å². The monoisotopic (exact) mass is 400 g/mol. The maximum atomic E-state index is 13.6. The summed E-state index contributed by atoms with van der Waals surface area (Å²) in [5.41, 5.74) is -13.5. The van der Waals surface area contributed by atoms with Crippen molar-refractivity contribution in [1.82, 2.24) is 0 Å². The van der Waals surface area contributed by atoms with Gasteiger partial charge in [0.15, 0.2) is 0 Å². The van der Waals surface area contributed by atoms with E-state index >= 15 is 0 Å². The number of hydrogen-bond donors (Lipinski definition) is 0. The van der Waals surface area contributed by atoms with Gasteiger partial charge in [0.25, 0.3) is 11.7 Å².